The highest BCUT2D eigenvalue weighted by Crippen LogP contribution is 2.11. The lowest BCUT2D eigenvalue weighted by Crippen LogP contribution is -2.20. The van der Waals surface area contributed by atoms with Crippen LogP contribution < -0.4 is 5.56 Å². The Labute approximate surface area is 103 Å². The summed E-state index contributed by atoms with van der Waals surface area (Å²) >= 11 is 0. The average Bonchev–Trinajstić information content (AvgIpc) is 2.40. The molecule has 5 heteroatoms. The highest BCUT2D eigenvalue weighted by molar-refractivity contribution is 5.97. The van der Waals surface area contributed by atoms with Gasteiger partial charge < -0.3 is 4.74 Å². The molecule has 0 aliphatic rings. The minimum Gasteiger partial charge on any atom is -0.462 e. The first-order chi connectivity index (χ1) is 8.69. The number of esters is 1. The number of pyridine rings is 2. The van der Waals surface area contributed by atoms with E-state index in [0.717, 1.165) is 0 Å². The summed E-state index contributed by atoms with van der Waals surface area (Å²) in [5.41, 5.74) is 0.122. The third kappa shape index (κ3) is 1.84. The summed E-state index contributed by atoms with van der Waals surface area (Å²) in [5.74, 6) is -0.544. The number of fused-ring (bicyclic) bond motifs is 1. The lowest BCUT2D eigenvalue weighted by atomic mass is 10.1. The van der Waals surface area contributed by atoms with E-state index in [9.17, 15) is 9.59 Å². The van der Waals surface area contributed by atoms with E-state index in [-0.39, 0.29) is 17.7 Å². The van der Waals surface area contributed by atoms with Crippen LogP contribution in [-0.2, 0) is 4.74 Å². The second-order valence-electron chi connectivity index (χ2n) is 3.56. The molecule has 0 aromatic carbocycles. The molecular formula is C13H10N2O3. The molecule has 5 nitrogen and oxygen atoms in total. The lowest BCUT2D eigenvalue weighted by molar-refractivity contribution is 0.0528. The Balaban J connectivity index is 2.81. The predicted octanol–water partition coefficient (Wildman–Crippen LogP) is 1.35. The number of rotatable bonds is 2. The van der Waals surface area contributed by atoms with E-state index < -0.39 is 11.5 Å². The first-order valence-electron chi connectivity index (χ1n) is 5.40. The maximum absolute atomic E-state index is 11.9. The van der Waals surface area contributed by atoms with Gasteiger partial charge in [-0.15, -0.1) is 0 Å². The lowest BCUT2D eigenvalue weighted by Gasteiger charge is -2.07. The largest absolute Gasteiger partial charge is 0.462 e. The van der Waals surface area contributed by atoms with Crippen LogP contribution in [0, 0.1) is 11.3 Å². The number of nitriles is 1. The Morgan fingerprint density at radius 3 is 2.94 bits per heavy atom. The Morgan fingerprint density at radius 1 is 1.50 bits per heavy atom. The molecule has 0 unspecified atom stereocenters. The first kappa shape index (κ1) is 11.9. The van der Waals surface area contributed by atoms with Crippen LogP contribution in [0.15, 0.2) is 35.3 Å². The molecule has 90 valence electrons. The van der Waals surface area contributed by atoms with E-state index in [2.05, 4.69) is 0 Å². The van der Waals surface area contributed by atoms with Gasteiger partial charge in [0.05, 0.1) is 17.7 Å². The number of hydrogen-bond acceptors (Lipinski definition) is 4. The smallest absolute Gasteiger partial charge is 0.340 e. The Morgan fingerprint density at radius 2 is 2.28 bits per heavy atom. The number of aromatic nitrogens is 1. The van der Waals surface area contributed by atoms with Crippen LogP contribution in [0.25, 0.3) is 5.52 Å². The minimum absolute atomic E-state index is 0.0817. The summed E-state index contributed by atoms with van der Waals surface area (Å²) < 4.78 is 6.18. The van der Waals surface area contributed by atoms with Crippen LogP contribution in [-0.4, -0.2) is 17.0 Å². The molecule has 0 aliphatic carbocycles. The monoisotopic (exact) mass is 242 g/mol. The summed E-state index contributed by atoms with van der Waals surface area (Å²) in [4.78, 5) is 23.7. The molecular weight excluding hydrogens is 232 g/mol. The number of hydrogen-bond donors (Lipinski definition) is 0. The third-order valence-electron chi connectivity index (χ3n) is 2.49. The Kier molecular flexibility index (Phi) is 3.11. The van der Waals surface area contributed by atoms with Crippen molar-refractivity contribution in [3.63, 3.8) is 0 Å². The summed E-state index contributed by atoms with van der Waals surface area (Å²) in [6.07, 6.45) is 1.52. The second-order valence-corrected chi connectivity index (χ2v) is 3.56. The molecule has 0 N–H and O–H groups in total. The van der Waals surface area contributed by atoms with Gasteiger partial charge in [-0.2, -0.15) is 5.26 Å². The van der Waals surface area contributed by atoms with Crippen molar-refractivity contribution in [2.75, 3.05) is 6.61 Å². The molecule has 2 rings (SSSR count). The minimum atomic E-state index is -0.544. The van der Waals surface area contributed by atoms with Gasteiger partial charge in [0.2, 0.25) is 0 Å². The summed E-state index contributed by atoms with van der Waals surface area (Å²) in [7, 11) is 0. The number of ether oxygens (including phenoxy) is 1. The van der Waals surface area contributed by atoms with E-state index >= 15 is 0 Å². The van der Waals surface area contributed by atoms with Crippen molar-refractivity contribution in [1.29, 1.82) is 5.26 Å². The molecule has 0 saturated heterocycles. The van der Waals surface area contributed by atoms with Gasteiger partial charge in [0.25, 0.3) is 5.56 Å². The van der Waals surface area contributed by atoms with Crippen molar-refractivity contribution in [1.82, 2.24) is 4.40 Å². The topological polar surface area (TPSA) is 71.6 Å². The van der Waals surface area contributed by atoms with Crippen LogP contribution in [0.4, 0.5) is 0 Å². The van der Waals surface area contributed by atoms with Crippen molar-refractivity contribution < 1.29 is 9.53 Å². The van der Waals surface area contributed by atoms with E-state index in [4.69, 9.17) is 10.00 Å². The molecule has 0 radical (unpaired) electrons. The van der Waals surface area contributed by atoms with Crippen LogP contribution >= 0.6 is 0 Å². The molecule has 18 heavy (non-hydrogen) atoms. The highest BCUT2D eigenvalue weighted by atomic mass is 16.5. The molecule has 2 aromatic rings. The van der Waals surface area contributed by atoms with Crippen LogP contribution in [0.2, 0.25) is 0 Å². The fraction of sp³-hybridized carbons (Fsp3) is 0.154. The van der Waals surface area contributed by atoms with Gasteiger partial charge in [0.1, 0.15) is 11.6 Å². The number of carbonyl (C=O) groups excluding carboxylic acids is 1. The van der Waals surface area contributed by atoms with Gasteiger partial charge in [-0.05, 0) is 25.1 Å². The summed E-state index contributed by atoms with van der Waals surface area (Å²) in [6.45, 7) is 1.93. The van der Waals surface area contributed by atoms with Crippen molar-refractivity contribution in [3.05, 3.63) is 51.9 Å². The zero-order valence-electron chi connectivity index (χ0n) is 9.71. The van der Waals surface area contributed by atoms with Crippen molar-refractivity contribution in [2.45, 2.75) is 6.92 Å². The maximum atomic E-state index is 11.9. The molecule has 0 bridgehead atoms. The SMILES string of the molecule is CCOC(=O)c1cc(C#N)c(=O)n2ccccc12. The van der Waals surface area contributed by atoms with Gasteiger partial charge in [-0.1, -0.05) is 6.07 Å². The first-order valence-corrected chi connectivity index (χ1v) is 5.40. The quantitative estimate of drug-likeness (QED) is 0.745. The molecule has 0 amide bonds. The Bertz CT molecular complexity index is 710. The van der Waals surface area contributed by atoms with Gasteiger partial charge in [0, 0.05) is 6.20 Å². The standard InChI is InChI=1S/C13H10N2O3/c1-2-18-13(17)10-7-9(8-14)12(16)15-6-4-3-5-11(10)15/h3-7H,2H2,1H3. The van der Waals surface area contributed by atoms with Crippen LogP contribution in [0.1, 0.15) is 22.8 Å². The third-order valence-corrected chi connectivity index (χ3v) is 2.49. The maximum Gasteiger partial charge on any atom is 0.340 e. The van der Waals surface area contributed by atoms with Gasteiger partial charge in [0.15, 0.2) is 0 Å². The fourth-order valence-corrected chi connectivity index (χ4v) is 1.70. The number of nitrogens with zero attached hydrogens (tertiary/aromatic N) is 2. The number of carbonyl (C=O) groups is 1. The van der Waals surface area contributed by atoms with E-state index in [0.29, 0.717) is 5.52 Å². The van der Waals surface area contributed by atoms with E-state index in [1.165, 1.54) is 16.7 Å². The molecule has 2 heterocycles. The van der Waals surface area contributed by atoms with Gasteiger partial charge >= 0.3 is 5.97 Å². The van der Waals surface area contributed by atoms with Crippen LogP contribution in [0.5, 0.6) is 0 Å². The molecule has 0 aliphatic heterocycles. The summed E-state index contributed by atoms with van der Waals surface area (Å²) in [5, 5.41) is 8.90. The average molecular weight is 242 g/mol. The van der Waals surface area contributed by atoms with Crippen molar-refractivity contribution in [3.8, 4) is 6.07 Å². The molecule has 0 fully saturated rings. The van der Waals surface area contributed by atoms with Crippen molar-refractivity contribution in [2.24, 2.45) is 0 Å². The zero-order valence-corrected chi connectivity index (χ0v) is 9.71. The fourth-order valence-electron chi connectivity index (χ4n) is 1.70. The second kappa shape index (κ2) is 4.72. The molecule has 0 spiro atoms. The Hall–Kier alpha value is -2.61. The van der Waals surface area contributed by atoms with E-state index in [1.54, 1.807) is 31.2 Å². The highest BCUT2D eigenvalue weighted by Gasteiger charge is 2.15. The van der Waals surface area contributed by atoms with Gasteiger partial charge in [-0.25, -0.2) is 4.79 Å². The molecule has 0 atom stereocenters. The zero-order chi connectivity index (χ0) is 13.1. The predicted molar refractivity (Wildman–Crippen MR) is 64.3 cm³/mol. The molecule has 2 aromatic heterocycles. The normalized spacial score (nSPS) is 10.0. The summed E-state index contributed by atoms with van der Waals surface area (Å²) in [6, 6.07) is 8.06. The van der Waals surface area contributed by atoms with E-state index in [1.807, 2.05) is 0 Å². The molecule has 0 saturated carbocycles. The van der Waals surface area contributed by atoms with Crippen LogP contribution in [0.3, 0.4) is 0 Å². The van der Waals surface area contributed by atoms with Gasteiger partial charge in [-0.3, -0.25) is 9.20 Å². The van der Waals surface area contributed by atoms with Crippen molar-refractivity contribution >= 4 is 11.5 Å².